The molecule has 1 aromatic heterocycles. The van der Waals surface area contributed by atoms with Gasteiger partial charge < -0.3 is 24.5 Å². The molecule has 0 spiro atoms. The zero-order valence-corrected chi connectivity index (χ0v) is 13.7. The van der Waals surface area contributed by atoms with E-state index in [2.05, 4.69) is 4.52 Å². The van der Waals surface area contributed by atoms with Crippen LogP contribution < -0.4 is 16.1 Å². The summed E-state index contributed by atoms with van der Waals surface area (Å²) in [6, 6.07) is 1.08. The lowest BCUT2D eigenvalue weighted by Crippen LogP contribution is -2.31. The Morgan fingerprint density at radius 1 is 1.38 bits per heavy atom. The van der Waals surface area contributed by atoms with E-state index in [1.54, 1.807) is 0 Å². The van der Waals surface area contributed by atoms with Crippen molar-refractivity contribution in [2.24, 2.45) is 0 Å². The molecule has 0 amide bonds. The molecule has 4 unspecified atom stereocenters. The molecule has 1 aliphatic rings. The average molecular weight is 387 g/mol. The molecule has 136 valence electrons. The molecule has 13 nitrogen and oxygen atoms in total. The maximum Gasteiger partial charge on any atom is 0.412 e. The van der Waals surface area contributed by atoms with E-state index in [-0.39, 0.29) is 6.42 Å². The van der Waals surface area contributed by atoms with Crippen LogP contribution in [0.2, 0.25) is 0 Å². The molecule has 24 heavy (non-hydrogen) atoms. The number of hydrogen-bond donors (Lipinski definition) is 6. The number of aliphatic hydroxyl groups is 1. The van der Waals surface area contributed by atoms with Crippen LogP contribution in [0, 0.1) is 0 Å². The van der Waals surface area contributed by atoms with Gasteiger partial charge in [0.2, 0.25) is 0 Å². The third kappa shape index (κ3) is 5.18. The van der Waals surface area contributed by atoms with Gasteiger partial charge in [-0.05, 0) is 0 Å². The van der Waals surface area contributed by atoms with E-state index in [0.717, 1.165) is 21.7 Å². The minimum atomic E-state index is -5.01. The summed E-state index contributed by atoms with van der Waals surface area (Å²) in [6.45, 7) is -0.670. The molecular weight excluding hydrogens is 372 g/mol. The van der Waals surface area contributed by atoms with Crippen LogP contribution in [0.1, 0.15) is 12.6 Å². The molecule has 2 rings (SSSR count). The largest absolute Gasteiger partial charge is 0.412 e. The lowest BCUT2D eigenvalue weighted by Gasteiger charge is -2.18. The number of nitrogens with one attached hydrogen (secondary N) is 2. The molecule has 1 fully saturated rings. The number of aromatic amines is 1. The molecule has 0 aliphatic carbocycles. The van der Waals surface area contributed by atoms with E-state index < -0.39 is 51.8 Å². The zero-order chi connectivity index (χ0) is 18.1. The Morgan fingerprint density at radius 3 is 2.62 bits per heavy atom. The van der Waals surface area contributed by atoms with Crippen molar-refractivity contribution in [2.75, 3.05) is 6.61 Å². The van der Waals surface area contributed by atoms with Crippen LogP contribution in [-0.2, 0) is 18.4 Å². The summed E-state index contributed by atoms with van der Waals surface area (Å²) >= 11 is 0. The minimum Gasteiger partial charge on any atom is -0.390 e. The number of hydrogen-bond acceptors (Lipinski definition) is 7. The first-order chi connectivity index (χ1) is 11.0. The Balaban J connectivity index is 2.01. The molecule has 2 heterocycles. The van der Waals surface area contributed by atoms with Gasteiger partial charge in [0.1, 0.15) is 12.3 Å². The monoisotopic (exact) mass is 387 g/mol. The van der Waals surface area contributed by atoms with Gasteiger partial charge >= 0.3 is 21.2 Å². The van der Waals surface area contributed by atoms with Crippen LogP contribution in [0.15, 0.2) is 21.9 Å². The first-order valence-corrected chi connectivity index (χ1v) is 9.63. The summed E-state index contributed by atoms with van der Waals surface area (Å²) < 4.78 is 32.9. The van der Waals surface area contributed by atoms with Crippen LogP contribution in [0.25, 0.3) is 0 Å². The van der Waals surface area contributed by atoms with E-state index >= 15 is 0 Å². The van der Waals surface area contributed by atoms with Crippen molar-refractivity contribution < 1.29 is 38.2 Å². The lowest BCUT2D eigenvalue weighted by molar-refractivity contribution is -0.0426. The van der Waals surface area contributed by atoms with E-state index in [9.17, 15) is 28.7 Å². The fourth-order valence-electron chi connectivity index (χ4n) is 2.06. The van der Waals surface area contributed by atoms with Gasteiger partial charge in [0.15, 0.2) is 0 Å². The molecule has 1 saturated heterocycles. The molecule has 0 bridgehead atoms. The topological polar surface area (TPSA) is 200 Å². The molecule has 1 aromatic rings. The normalized spacial score (nSPS) is 27.1. The van der Waals surface area contributed by atoms with Gasteiger partial charge in [-0.15, -0.1) is 4.86 Å². The van der Waals surface area contributed by atoms with Gasteiger partial charge in [0.05, 0.1) is 12.7 Å². The number of H-pyrrole nitrogens is 1. The van der Waals surface area contributed by atoms with Crippen LogP contribution in [0.3, 0.4) is 0 Å². The molecule has 1 aliphatic heterocycles. The van der Waals surface area contributed by atoms with Gasteiger partial charge in [-0.25, -0.2) is 13.9 Å². The van der Waals surface area contributed by atoms with Crippen molar-refractivity contribution in [1.29, 1.82) is 0 Å². The molecule has 15 heteroatoms. The Morgan fingerprint density at radius 2 is 2.04 bits per heavy atom. The highest BCUT2D eigenvalue weighted by Crippen LogP contribution is 2.48. The second kappa shape index (κ2) is 7.00. The van der Waals surface area contributed by atoms with Crippen LogP contribution >= 0.6 is 15.5 Å². The fraction of sp³-hybridized carbons (Fsp3) is 0.556. The molecule has 6 N–H and O–H groups in total. The van der Waals surface area contributed by atoms with E-state index in [1.165, 1.54) is 0 Å². The van der Waals surface area contributed by atoms with Gasteiger partial charge in [-0.1, -0.05) is 0 Å². The second-order valence-electron chi connectivity index (χ2n) is 4.91. The van der Waals surface area contributed by atoms with Crippen molar-refractivity contribution >= 4 is 15.5 Å². The van der Waals surface area contributed by atoms with Crippen molar-refractivity contribution in [3.63, 3.8) is 0 Å². The lowest BCUT2D eigenvalue weighted by atomic mass is 10.2. The van der Waals surface area contributed by atoms with Gasteiger partial charge in [0, 0.05) is 18.7 Å². The van der Waals surface area contributed by atoms with Gasteiger partial charge in [-0.3, -0.25) is 18.9 Å². The van der Waals surface area contributed by atoms with E-state index in [4.69, 9.17) is 14.5 Å². The number of aliphatic hydroxyl groups excluding tert-OH is 1. The number of nitrogens with zero attached hydrogens (tertiary/aromatic N) is 1. The highest BCUT2D eigenvalue weighted by Gasteiger charge is 2.38. The van der Waals surface area contributed by atoms with E-state index in [0.29, 0.717) is 0 Å². The molecule has 0 saturated carbocycles. The van der Waals surface area contributed by atoms with Gasteiger partial charge in [0.25, 0.3) is 5.56 Å². The first-order valence-electron chi connectivity index (χ1n) is 6.44. The summed E-state index contributed by atoms with van der Waals surface area (Å²) in [5.41, 5.74) is -1.38. The molecular formula is C9H15N3O10P2. The third-order valence-electron chi connectivity index (χ3n) is 3.04. The Labute approximate surface area is 133 Å². The Kier molecular flexibility index (Phi) is 5.60. The highest BCUT2D eigenvalue weighted by atomic mass is 31.3. The number of ether oxygens (including phenoxy) is 1. The Hall–Kier alpha value is -1.14. The van der Waals surface area contributed by atoms with Gasteiger partial charge in [-0.2, -0.15) is 0 Å². The van der Waals surface area contributed by atoms with Crippen molar-refractivity contribution in [3.8, 4) is 0 Å². The maximum atomic E-state index is 11.6. The maximum absolute atomic E-state index is 11.6. The van der Waals surface area contributed by atoms with Crippen LogP contribution in [0.4, 0.5) is 0 Å². The smallest absolute Gasteiger partial charge is 0.390 e. The quantitative estimate of drug-likeness (QED) is 0.294. The first kappa shape index (κ1) is 19.2. The number of aromatic nitrogens is 2. The van der Waals surface area contributed by atoms with Crippen LogP contribution in [0.5, 0.6) is 0 Å². The summed E-state index contributed by atoms with van der Waals surface area (Å²) in [7, 11) is -9.83. The average Bonchev–Trinajstić information content (AvgIpc) is 2.75. The molecule has 0 aromatic carbocycles. The summed E-state index contributed by atoms with van der Waals surface area (Å²) in [5.74, 6) is 0. The number of rotatable bonds is 6. The van der Waals surface area contributed by atoms with Crippen molar-refractivity contribution in [1.82, 2.24) is 14.4 Å². The van der Waals surface area contributed by atoms with E-state index in [1.807, 2.05) is 4.98 Å². The van der Waals surface area contributed by atoms with Crippen LogP contribution in [-0.4, -0.2) is 48.2 Å². The predicted molar refractivity (Wildman–Crippen MR) is 76.8 cm³/mol. The molecule has 0 radical (unpaired) electrons. The highest BCUT2D eigenvalue weighted by molar-refractivity contribution is 7.66. The Bertz CT molecular complexity index is 799. The summed E-state index contributed by atoms with van der Waals surface area (Å²) in [4.78, 5) is 52.2. The third-order valence-corrected chi connectivity index (χ3v) is 5.59. The fourth-order valence-corrected chi connectivity index (χ4v) is 3.95. The predicted octanol–water partition coefficient (Wildman–Crippen LogP) is -2.02. The molecule has 4 atom stereocenters. The summed E-state index contributed by atoms with van der Waals surface area (Å²) in [5, 5.41) is 9.86. The van der Waals surface area contributed by atoms with Crippen molar-refractivity contribution in [2.45, 2.75) is 24.9 Å². The summed E-state index contributed by atoms with van der Waals surface area (Å²) in [6.07, 6.45) is -2.17. The van der Waals surface area contributed by atoms with Crippen molar-refractivity contribution in [3.05, 3.63) is 33.1 Å². The standard InChI is InChI=1S/C9H15N3O10P2/c13-5-3-8(12-2-1-7(14)10-9(12)15)22-6(5)4-21-24(19,20)11-23(16,17)18/h1-2,5-6,8,13H,3-4H2,(H,10,14,15)(H4,11,16,17,18,19,20). The SMILES string of the molecule is O=c1ccn(C2CC(O)C(COP(=O)(O)NP(=O)(O)O)O2)c(=O)[nH]1. The second-order valence-corrected chi connectivity index (χ2v) is 8.10. The zero-order valence-electron chi connectivity index (χ0n) is 11.9. The minimum absolute atomic E-state index is 0.0678.